The summed E-state index contributed by atoms with van der Waals surface area (Å²) in [6.07, 6.45) is 12.7. The van der Waals surface area contributed by atoms with Gasteiger partial charge in [-0.25, -0.2) is 0 Å². The van der Waals surface area contributed by atoms with Gasteiger partial charge in [0.25, 0.3) is 0 Å². The quantitative estimate of drug-likeness (QED) is 0.176. The van der Waals surface area contributed by atoms with E-state index < -0.39 is 65.5 Å². The van der Waals surface area contributed by atoms with Crippen molar-refractivity contribution in [2.24, 2.45) is 17.4 Å². The summed E-state index contributed by atoms with van der Waals surface area (Å²) in [6.45, 7) is 0. The van der Waals surface area contributed by atoms with Gasteiger partial charge in [-0.3, -0.25) is 19.2 Å². The van der Waals surface area contributed by atoms with Gasteiger partial charge in [-0.05, 0) is 51.4 Å². The van der Waals surface area contributed by atoms with E-state index in [1.54, 1.807) is 12.8 Å². The van der Waals surface area contributed by atoms with Gasteiger partial charge < -0.3 is 26.8 Å². The van der Waals surface area contributed by atoms with Crippen molar-refractivity contribution in [3.63, 3.8) is 0 Å². The molecule has 2 aliphatic rings. The van der Waals surface area contributed by atoms with E-state index in [1.165, 1.54) is 0 Å². The molecule has 2 rings (SSSR count). The minimum absolute atomic E-state index is 0.0159. The van der Waals surface area contributed by atoms with Gasteiger partial charge in [-0.15, -0.1) is 8.37 Å². The van der Waals surface area contributed by atoms with Gasteiger partial charge in [0.15, 0.2) is 23.7 Å². The predicted molar refractivity (Wildman–Crippen MR) is 150 cm³/mol. The highest BCUT2D eigenvalue weighted by Gasteiger charge is 2.54. The Morgan fingerprint density at radius 1 is 1.05 bits per heavy atom. The number of carboxylic acid groups (broad SMARTS) is 2. The molecule has 2 heterocycles. The SMILES string of the molecule is N[C@@H](CCC(=O)C(C(O)CCCC(=O)O)[C@@H]1O[S+]2C[C@H](N)C(=O)CCCCC/C=C\C/C=C\[CH][CH][C@H]1O2)C(=O)O. The highest BCUT2D eigenvalue weighted by molar-refractivity contribution is 7.88. The van der Waals surface area contributed by atoms with Crippen LogP contribution in [0.4, 0.5) is 0 Å². The van der Waals surface area contributed by atoms with Crippen LogP contribution in [0.25, 0.3) is 0 Å². The van der Waals surface area contributed by atoms with Crippen LogP contribution in [-0.2, 0) is 39.0 Å². The summed E-state index contributed by atoms with van der Waals surface area (Å²) >= 11 is -1.24. The largest absolute Gasteiger partial charge is 0.481 e. The summed E-state index contributed by atoms with van der Waals surface area (Å²) in [5.41, 5.74) is 11.8. The van der Waals surface area contributed by atoms with Crippen LogP contribution in [0.3, 0.4) is 0 Å². The summed E-state index contributed by atoms with van der Waals surface area (Å²) < 4.78 is 12.2. The number of carbonyl (C=O) groups excluding carboxylic acids is 2. The number of carboxylic acids is 2. The Morgan fingerprint density at radius 3 is 2.55 bits per heavy atom. The van der Waals surface area contributed by atoms with Crippen molar-refractivity contribution < 1.29 is 42.9 Å². The topological polar surface area (TPSA) is 199 Å². The van der Waals surface area contributed by atoms with Crippen molar-refractivity contribution in [2.75, 3.05) is 5.75 Å². The lowest BCUT2D eigenvalue weighted by Gasteiger charge is -2.26. The molecule has 1 saturated heterocycles. The van der Waals surface area contributed by atoms with E-state index in [-0.39, 0.29) is 43.6 Å². The molecule has 11 nitrogen and oxygen atoms in total. The Morgan fingerprint density at radius 2 is 1.82 bits per heavy atom. The van der Waals surface area contributed by atoms with Gasteiger partial charge in [0.2, 0.25) is 0 Å². The van der Waals surface area contributed by atoms with E-state index in [4.69, 9.17) is 30.0 Å². The van der Waals surface area contributed by atoms with Gasteiger partial charge >= 0.3 is 23.4 Å². The van der Waals surface area contributed by atoms with E-state index in [2.05, 4.69) is 12.2 Å². The maximum absolute atomic E-state index is 13.4. The molecule has 1 fully saturated rings. The maximum Gasteiger partial charge on any atom is 0.320 e. The third kappa shape index (κ3) is 12.2. The zero-order valence-corrected chi connectivity index (χ0v) is 23.6. The van der Waals surface area contributed by atoms with E-state index in [1.807, 2.05) is 12.2 Å². The summed E-state index contributed by atoms with van der Waals surface area (Å²) in [6, 6.07) is -2.06. The average molecular weight is 584 g/mol. The van der Waals surface area contributed by atoms with Crippen molar-refractivity contribution in [1.82, 2.24) is 0 Å². The van der Waals surface area contributed by atoms with E-state index >= 15 is 0 Å². The summed E-state index contributed by atoms with van der Waals surface area (Å²) in [4.78, 5) is 48.2. The number of fused-ring (bicyclic) bond motifs is 2. The molecule has 3 unspecified atom stereocenters. The molecule has 12 heteroatoms. The highest BCUT2D eigenvalue weighted by Crippen LogP contribution is 2.35. The molecule has 7 atom stereocenters. The fourth-order valence-corrected chi connectivity index (χ4v) is 6.08. The fraction of sp³-hybridized carbons (Fsp3) is 0.643. The summed E-state index contributed by atoms with van der Waals surface area (Å²) in [7, 11) is 0. The van der Waals surface area contributed by atoms with Crippen molar-refractivity contribution in [3.05, 3.63) is 37.1 Å². The number of rotatable bonds is 11. The number of hydrogen-bond donors (Lipinski definition) is 5. The second-order valence-electron chi connectivity index (χ2n) is 10.1. The summed E-state index contributed by atoms with van der Waals surface area (Å²) in [5.74, 6) is -3.87. The molecule has 224 valence electrons. The monoisotopic (exact) mass is 583 g/mol. The van der Waals surface area contributed by atoms with Crippen LogP contribution in [-0.4, -0.2) is 75.0 Å². The Hall–Kier alpha value is -2.09. The molecule has 2 bridgehead atoms. The number of aliphatic hydroxyl groups excluding tert-OH is 1. The fourth-order valence-electron chi connectivity index (χ4n) is 4.50. The first-order valence-corrected chi connectivity index (χ1v) is 15.1. The van der Waals surface area contributed by atoms with Gasteiger partial charge in [0, 0.05) is 25.7 Å². The minimum Gasteiger partial charge on any atom is -0.481 e. The Kier molecular flexibility index (Phi) is 15.7. The second kappa shape index (κ2) is 18.4. The maximum atomic E-state index is 13.4. The van der Waals surface area contributed by atoms with Crippen LogP contribution >= 0.6 is 0 Å². The molecule has 0 amide bonds. The second-order valence-corrected chi connectivity index (χ2v) is 11.4. The van der Waals surface area contributed by atoms with Crippen molar-refractivity contribution in [3.8, 4) is 0 Å². The number of aliphatic hydroxyl groups is 1. The number of allylic oxidation sites excluding steroid dienone is 4. The van der Waals surface area contributed by atoms with Crippen LogP contribution in [0, 0.1) is 18.8 Å². The van der Waals surface area contributed by atoms with Crippen LogP contribution in [0.5, 0.6) is 0 Å². The molecule has 2 aliphatic heterocycles. The van der Waals surface area contributed by atoms with E-state index in [0.29, 0.717) is 6.42 Å². The van der Waals surface area contributed by atoms with Crippen molar-refractivity contribution in [2.45, 2.75) is 101 Å². The number of ketones is 2. The first-order valence-electron chi connectivity index (χ1n) is 13.8. The molecule has 40 heavy (non-hydrogen) atoms. The lowest BCUT2D eigenvalue weighted by molar-refractivity contribution is -0.139. The van der Waals surface area contributed by atoms with Crippen LogP contribution < -0.4 is 11.5 Å². The van der Waals surface area contributed by atoms with E-state index in [0.717, 1.165) is 32.1 Å². The zero-order chi connectivity index (χ0) is 29.5. The summed E-state index contributed by atoms with van der Waals surface area (Å²) in [5, 5.41) is 29.2. The molecular weight excluding hydrogens is 540 g/mol. The molecule has 0 spiro atoms. The third-order valence-electron chi connectivity index (χ3n) is 6.82. The van der Waals surface area contributed by atoms with E-state index in [9.17, 15) is 24.3 Å². The Labute approximate surface area is 239 Å². The number of carbonyl (C=O) groups is 4. The van der Waals surface area contributed by atoms with Crippen LogP contribution in [0.2, 0.25) is 0 Å². The molecule has 0 aromatic carbocycles. The van der Waals surface area contributed by atoms with Gasteiger partial charge in [0.05, 0.1) is 12.0 Å². The van der Waals surface area contributed by atoms with Gasteiger partial charge in [-0.1, -0.05) is 30.7 Å². The third-order valence-corrected chi connectivity index (χ3v) is 8.33. The Balaban J connectivity index is 2.25. The number of nitrogens with two attached hydrogens (primary N) is 2. The van der Waals surface area contributed by atoms with Gasteiger partial charge in [-0.2, -0.15) is 0 Å². The molecule has 0 aromatic heterocycles. The smallest absolute Gasteiger partial charge is 0.320 e. The highest BCUT2D eigenvalue weighted by atomic mass is 32.2. The van der Waals surface area contributed by atoms with Gasteiger partial charge in [0.1, 0.15) is 17.9 Å². The minimum atomic E-state index is -1.27. The normalized spacial score (nSPS) is 28.9. The lowest BCUT2D eigenvalue weighted by atomic mass is 9.83. The zero-order valence-electron chi connectivity index (χ0n) is 22.8. The molecular formula is C28H43N2O9S+. The number of aliphatic carboxylic acids is 2. The first-order chi connectivity index (χ1) is 19.1. The predicted octanol–water partition coefficient (Wildman–Crippen LogP) is 1.98. The molecule has 7 N–H and O–H groups in total. The molecule has 0 saturated carbocycles. The molecule has 0 aromatic rings. The van der Waals surface area contributed by atoms with Crippen molar-refractivity contribution in [1.29, 1.82) is 0 Å². The van der Waals surface area contributed by atoms with Crippen LogP contribution in [0.15, 0.2) is 24.3 Å². The number of hydrogen-bond acceptors (Lipinski definition) is 9. The standard InChI is InChI=1S/C28H42N2O9S/c29-19(28(36)37)16-17-23(33)26(22(32)13-11-15-25(34)35)27-24-14-10-8-6-4-2-1-3-5-7-9-12-21(31)20(30)18-40(38-24)39-27/h1-2,6,8,10,14,19-20,22,24,26-27,32H,3-5,7,9,11-13,15-18,29-30H2,(H-,34,35,36,37)/p+1/b2-1-,8-6-/t19-,20-,22?,24+,26?,27+,40?/m0/s1. The van der Waals surface area contributed by atoms with Crippen LogP contribution in [0.1, 0.15) is 70.6 Å². The first kappa shape index (κ1) is 34.1. The molecule has 2 radical (unpaired) electrons. The Bertz CT molecular complexity index is 897. The number of Topliss-reactive ketones (excluding diaryl/α,β-unsaturated/α-hetero) is 2. The lowest BCUT2D eigenvalue weighted by Crippen LogP contribution is -2.44. The average Bonchev–Trinajstić information content (AvgIpc) is 3.28. The van der Waals surface area contributed by atoms with Crippen molar-refractivity contribution >= 4 is 35.0 Å². The molecule has 0 aliphatic carbocycles.